The second-order valence-electron chi connectivity index (χ2n) is 6.66. The molecule has 2 rings (SSSR count). The molecule has 0 heterocycles. The average Bonchev–Trinajstić information content (AvgIpc) is 2.70. The number of rotatable bonds is 7. The van der Waals surface area contributed by atoms with Gasteiger partial charge < -0.3 is 14.8 Å². The fourth-order valence-electron chi connectivity index (χ4n) is 2.57. The number of ether oxygens (including phenoxy) is 2. The van der Waals surface area contributed by atoms with Gasteiger partial charge in [0.05, 0.1) is 23.3 Å². The smallest absolute Gasteiger partial charge is 0.416 e. The fraction of sp³-hybridized carbons (Fsp3) is 0.286. The van der Waals surface area contributed by atoms with Crippen LogP contribution in [-0.4, -0.2) is 24.5 Å². The van der Waals surface area contributed by atoms with Crippen LogP contribution in [0.5, 0.6) is 5.75 Å². The van der Waals surface area contributed by atoms with Gasteiger partial charge in [-0.2, -0.15) is 26.3 Å². The first kappa shape index (κ1) is 25.7. The summed E-state index contributed by atoms with van der Waals surface area (Å²) in [6.07, 6.45) is -10.2. The SMILES string of the molecule is CC(=O)OCCCC(=O)Oc1ccccc1C(=O)Nc1cc(C(F)(F)F)cc(C(F)(F)F)c1. The summed E-state index contributed by atoms with van der Waals surface area (Å²) in [4.78, 5) is 35.2. The third kappa shape index (κ3) is 7.81. The maximum atomic E-state index is 13.0. The van der Waals surface area contributed by atoms with Gasteiger partial charge in [-0.05, 0) is 36.8 Å². The van der Waals surface area contributed by atoms with Crippen molar-refractivity contribution in [1.29, 1.82) is 0 Å². The van der Waals surface area contributed by atoms with Crippen LogP contribution >= 0.6 is 0 Å². The van der Waals surface area contributed by atoms with Gasteiger partial charge in [-0.1, -0.05) is 12.1 Å². The molecule has 0 atom stereocenters. The van der Waals surface area contributed by atoms with E-state index in [1.807, 2.05) is 5.32 Å². The molecule has 0 saturated carbocycles. The molecule has 178 valence electrons. The minimum Gasteiger partial charge on any atom is -0.466 e. The number of amides is 1. The van der Waals surface area contributed by atoms with Crippen LogP contribution in [-0.2, 0) is 26.7 Å². The monoisotopic (exact) mass is 477 g/mol. The van der Waals surface area contributed by atoms with Gasteiger partial charge in [0, 0.05) is 19.0 Å². The van der Waals surface area contributed by atoms with Gasteiger partial charge in [-0.25, -0.2) is 0 Å². The summed E-state index contributed by atoms with van der Waals surface area (Å²) in [6, 6.07) is 5.82. The van der Waals surface area contributed by atoms with Crippen molar-refractivity contribution in [2.24, 2.45) is 0 Å². The number of hydrogen-bond acceptors (Lipinski definition) is 5. The van der Waals surface area contributed by atoms with Crippen LogP contribution in [0.4, 0.5) is 32.0 Å². The standard InChI is InChI=1S/C21H17F6NO5/c1-12(29)32-8-4-7-18(30)33-17-6-3-2-5-16(17)19(31)28-15-10-13(20(22,23)24)9-14(11-15)21(25,26)27/h2-3,5-6,9-11H,4,7-8H2,1H3,(H,28,31). The number of para-hydroxylation sites is 1. The van der Waals surface area contributed by atoms with E-state index in [0.717, 1.165) is 0 Å². The minimum absolute atomic E-state index is 0.0380. The molecule has 2 aromatic rings. The van der Waals surface area contributed by atoms with E-state index in [-0.39, 0.29) is 36.8 Å². The first-order valence-corrected chi connectivity index (χ1v) is 9.31. The van der Waals surface area contributed by atoms with E-state index < -0.39 is 47.0 Å². The maximum absolute atomic E-state index is 13.0. The highest BCUT2D eigenvalue weighted by Crippen LogP contribution is 2.37. The highest BCUT2D eigenvalue weighted by Gasteiger charge is 2.37. The highest BCUT2D eigenvalue weighted by atomic mass is 19.4. The Morgan fingerprint density at radius 2 is 1.48 bits per heavy atom. The van der Waals surface area contributed by atoms with Crippen LogP contribution in [0.15, 0.2) is 42.5 Å². The molecule has 12 heteroatoms. The minimum atomic E-state index is -5.08. The summed E-state index contributed by atoms with van der Waals surface area (Å²) in [7, 11) is 0. The van der Waals surface area contributed by atoms with E-state index in [1.165, 1.54) is 31.2 Å². The quantitative estimate of drug-likeness (QED) is 0.256. The van der Waals surface area contributed by atoms with Gasteiger partial charge in [-0.3, -0.25) is 14.4 Å². The molecular weight excluding hydrogens is 460 g/mol. The molecule has 1 amide bonds. The third-order valence-electron chi connectivity index (χ3n) is 4.03. The molecular formula is C21H17F6NO5. The van der Waals surface area contributed by atoms with Crippen LogP contribution < -0.4 is 10.1 Å². The highest BCUT2D eigenvalue weighted by molar-refractivity contribution is 6.06. The third-order valence-corrected chi connectivity index (χ3v) is 4.03. The number of anilines is 1. The first-order chi connectivity index (χ1) is 15.3. The zero-order valence-electron chi connectivity index (χ0n) is 17.0. The van der Waals surface area contributed by atoms with Crippen LogP contribution in [0.2, 0.25) is 0 Å². The molecule has 0 saturated heterocycles. The van der Waals surface area contributed by atoms with Crippen molar-refractivity contribution in [3.05, 3.63) is 59.2 Å². The number of carbonyl (C=O) groups excluding carboxylic acids is 3. The number of alkyl halides is 6. The van der Waals surface area contributed by atoms with Gasteiger partial charge >= 0.3 is 24.3 Å². The van der Waals surface area contributed by atoms with Gasteiger partial charge in [0.25, 0.3) is 5.91 Å². The van der Waals surface area contributed by atoms with Gasteiger partial charge in [0.15, 0.2) is 0 Å². The lowest BCUT2D eigenvalue weighted by Crippen LogP contribution is -2.18. The van der Waals surface area contributed by atoms with Crippen LogP contribution in [0.3, 0.4) is 0 Å². The Balaban J connectivity index is 2.21. The summed E-state index contributed by atoms with van der Waals surface area (Å²) in [5.41, 5.74) is -4.23. The molecule has 0 radical (unpaired) electrons. The Hall–Kier alpha value is -3.57. The van der Waals surface area contributed by atoms with Crippen molar-refractivity contribution < 1.29 is 50.2 Å². The van der Waals surface area contributed by atoms with Crippen molar-refractivity contribution in [3.8, 4) is 5.75 Å². The zero-order chi connectivity index (χ0) is 24.8. The summed E-state index contributed by atoms with van der Waals surface area (Å²) < 4.78 is 87.8. The van der Waals surface area contributed by atoms with Crippen LogP contribution in [0, 0.1) is 0 Å². The molecule has 0 unspecified atom stereocenters. The lowest BCUT2D eigenvalue weighted by atomic mass is 10.1. The molecule has 6 nitrogen and oxygen atoms in total. The number of halogens is 6. The molecule has 33 heavy (non-hydrogen) atoms. The normalized spacial score (nSPS) is 11.6. The van der Waals surface area contributed by atoms with Crippen molar-refractivity contribution in [2.45, 2.75) is 32.1 Å². The molecule has 0 spiro atoms. The van der Waals surface area contributed by atoms with E-state index in [0.29, 0.717) is 12.1 Å². The summed E-state index contributed by atoms with van der Waals surface area (Å²) in [5, 5.41) is 1.97. The maximum Gasteiger partial charge on any atom is 0.416 e. The Labute approximate surface area is 183 Å². The van der Waals surface area contributed by atoms with E-state index in [4.69, 9.17) is 4.74 Å². The summed E-state index contributed by atoms with van der Waals surface area (Å²) in [6.45, 7) is 1.15. The molecule has 2 aromatic carbocycles. The largest absolute Gasteiger partial charge is 0.466 e. The van der Waals surface area contributed by atoms with E-state index in [2.05, 4.69) is 4.74 Å². The molecule has 1 N–H and O–H groups in total. The lowest BCUT2D eigenvalue weighted by molar-refractivity contribution is -0.143. The number of esters is 2. The summed E-state index contributed by atoms with van der Waals surface area (Å²) in [5.74, 6) is -2.67. The molecule has 0 aromatic heterocycles. The Morgan fingerprint density at radius 3 is 2.03 bits per heavy atom. The second-order valence-corrected chi connectivity index (χ2v) is 6.66. The van der Waals surface area contributed by atoms with E-state index in [9.17, 15) is 40.7 Å². The predicted octanol–water partition coefficient (Wildman–Crippen LogP) is 5.23. The van der Waals surface area contributed by atoms with Gasteiger partial charge in [0.1, 0.15) is 5.75 Å². The molecule has 0 aliphatic rings. The summed E-state index contributed by atoms with van der Waals surface area (Å²) >= 11 is 0. The van der Waals surface area contributed by atoms with Crippen molar-refractivity contribution >= 4 is 23.5 Å². The van der Waals surface area contributed by atoms with Crippen LogP contribution in [0.1, 0.15) is 41.3 Å². The Bertz CT molecular complexity index is 1000. The zero-order valence-corrected chi connectivity index (χ0v) is 17.0. The predicted molar refractivity (Wildman–Crippen MR) is 102 cm³/mol. The molecule has 0 fully saturated rings. The molecule has 0 aliphatic heterocycles. The van der Waals surface area contributed by atoms with Gasteiger partial charge in [-0.15, -0.1) is 0 Å². The second kappa shape index (κ2) is 10.4. The van der Waals surface area contributed by atoms with Gasteiger partial charge in [0.2, 0.25) is 0 Å². The number of hydrogen-bond donors (Lipinski definition) is 1. The van der Waals surface area contributed by atoms with Crippen molar-refractivity contribution in [3.63, 3.8) is 0 Å². The topological polar surface area (TPSA) is 81.7 Å². The molecule has 0 bridgehead atoms. The van der Waals surface area contributed by atoms with E-state index >= 15 is 0 Å². The van der Waals surface area contributed by atoms with Crippen molar-refractivity contribution in [1.82, 2.24) is 0 Å². The lowest BCUT2D eigenvalue weighted by Gasteiger charge is -2.15. The van der Waals surface area contributed by atoms with Crippen LogP contribution in [0.25, 0.3) is 0 Å². The average molecular weight is 477 g/mol. The Kier molecular flexibility index (Phi) is 8.07. The van der Waals surface area contributed by atoms with E-state index in [1.54, 1.807) is 0 Å². The fourth-order valence-corrected chi connectivity index (χ4v) is 2.57. The first-order valence-electron chi connectivity index (χ1n) is 9.31. The number of carbonyl (C=O) groups is 3. The number of benzene rings is 2. The van der Waals surface area contributed by atoms with Crippen molar-refractivity contribution in [2.75, 3.05) is 11.9 Å². The Morgan fingerprint density at radius 1 is 0.909 bits per heavy atom. The molecule has 0 aliphatic carbocycles. The number of nitrogens with one attached hydrogen (secondary N) is 1.